The molecule has 0 fully saturated rings. The Hall–Kier alpha value is -1.58. The Morgan fingerprint density at radius 1 is 1.29 bits per heavy atom. The van der Waals surface area contributed by atoms with Crippen molar-refractivity contribution in [3.05, 3.63) is 24.0 Å². The molecule has 118 valence electrons. The molecule has 1 rings (SSSR count). The van der Waals surface area contributed by atoms with E-state index in [0.717, 1.165) is 37.4 Å². The zero-order chi connectivity index (χ0) is 15.7. The molecule has 0 saturated carbocycles. The number of hydrogen-bond donors (Lipinski definition) is 2. The Kier molecular flexibility index (Phi) is 7.80. The number of nitrogens with one attached hydrogen (secondary N) is 2. The maximum Gasteiger partial charge on any atom is 0.253 e. The van der Waals surface area contributed by atoms with E-state index in [1.807, 2.05) is 0 Å². The smallest absolute Gasteiger partial charge is 0.253 e. The van der Waals surface area contributed by atoms with E-state index in [2.05, 4.69) is 43.3 Å². The Morgan fingerprint density at radius 2 is 2.05 bits per heavy atom. The molecular weight excluding hydrogens is 262 g/mol. The van der Waals surface area contributed by atoms with E-state index in [0.29, 0.717) is 5.56 Å². The molecule has 0 bridgehead atoms. The SMILES string of the molecule is CCCNc1cnccc1C(=O)NC(C)CCCC(C)C. The molecule has 21 heavy (non-hydrogen) atoms. The monoisotopic (exact) mass is 291 g/mol. The topological polar surface area (TPSA) is 54.0 Å². The highest BCUT2D eigenvalue weighted by atomic mass is 16.1. The van der Waals surface area contributed by atoms with Gasteiger partial charge >= 0.3 is 0 Å². The van der Waals surface area contributed by atoms with Gasteiger partial charge in [-0.05, 0) is 31.7 Å². The standard InChI is InChI=1S/C17H29N3O/c1-5-10-19-16-12-18-11-9-15(16)17(21)20-14(4)8-6-7-13(2)3/h9,11-14,19H,5-8,10H2,1-4H3,(H,20,21). The van der Waals surface area contributed by atoms with Gasteiger partial charge in [-0.3, -0.25) is 9.78 Å². The van der Waals surface area contributed by atoms with E-state index in [4.69, 9.17) is 0 Å². The number of nitrogens with zero attached hydrogens (tertiary/aromatic N) is 1. The van der Waals surface area contributed by atoms with E-state index in [1.54, 1.807) is 18.5 Å². The van der Waals surface area contributed by atoms with Gasteiger partial charge in [0.05, 0.1) is 17.4 Å². The van der Waals surface area contributed by atoms with Gasteiger partial charge in [0.1, 0.15) is 0 Å². The molecule has 2 N–H and O–H groups in total. The summed E-state index contributed by atoms with van der Waals surface area (Å²) in [5, 5.41) is 6.33. The minimum atomic E-state index is -0.0203. The van der Waals surface area contributed by atoms with Crippen LogP contribution in [0, 0.1) is 5.92 Å². The number of aromatic nitrogens is 1. The first-order valence-electron chi connectivity index (χ1n) is 8.03. The highest BCUT2D eigenvalue weighted by Gasteiger charge is 2.13. The fourth-order valence-corrected chi connectivity index (χ4v) is 2.20. The maximum atomic E-state index is 12.4. The number of rotatable bonds is 9. The lowest BCUT2D eigenvalue weighted by Crippen LogP contribution is -2.33. The quantitative estimate of drug-likeness (QED) is 0.726. The molecule has 1 aromatic rings. The summed E-state index contributed by atoms with van der Waals surface area (Å²) in [5.74, 6) is 0.700. The number of hydrogen-bond acceptors (Lipinski definition) is 3. The van der Waals surface area contributed by atoms with Crippen LogP contribution in [0.25, 0.3) is 0 Å². The van der Waals surface area contributed by atoms with E-state index in [1.165, 1.54) is 6.42 Å². The molecule has 1 unspecified atom stereocenters. The summed E-state index contributed by atoms with van der Waals surface area (Å²) >= 11 is 0. The van der Waals surface area contributed by atoms with Crippen LogP contribution in [0.2, 0.25) is 0 Å². The van der Waals surface area contributed by atoms with Crippen molar-refractivity contribution in [2.45, 2.75) is 59.4 Å². The van der Waals surface area contributed by atoms with Gasteiger partial charge in [0.25, 0.3) is 5.91 Å². The predicted octanol–water partition coefficient (Wildman–Crippen LogP) is 3.85. The van der Waals surface area contributed by atoms with Gasteiger partial charge in [0, 0.05) is 18.8 Å². The molecule has 0 radical (unpaired) electrons. The average molecular weight is 291 g/mol. The summed E-state index contributed by atoms with van der Waals surface area (Å²) in [6.45, 7) is 9.46. The van der Waals surface area contributed by atoms with Crippen molar-refractivity contribution >= 4 is 11.6 Å². The minimum absolute atomic E-state index is 0.0203. The lowest BCUT2D eigenvalue weighted by molar-refractivity contribution is 0.0938. The summed E-state index contributed by atoms with van der Waals surface area (Å²) in [5.41, 5.74) is 1.49. The van der Waals surface area contributed by atoms with Crippen molar-refractivity contribution < 1.29 is 4.79 Å². The van der Waals surface area contributed by atoms with E-state index >= 15 is 0 Å². The summed E-state index contributed by atoms with van der Waals surface area (Å²) in [6.07, 6.45) is 7.77. The second-order valence-corrected chi connectivity index (χ2v) is 6.05. The zero-order valence-electron chi connectivity index (χ0n) is 13.8. The minimum Gasteiger partial charge on any atom is -0.383 e. The van der Waals surface area contributed by atoms with E-state index in [9.17, 15) is 4.79 Å². The highest BCUT2D eigenvalue weighted by molar-refractivity contribution is 5.99. The van der Waals surface area contributed by atoms with Crippen LogP contribution in [0.1, 0.15) is 63.7 Å². The van der Waals surface area contributed by atoms with Gasteiger partial charge < -0.3 is 10.6 Å². The van der Waals surface area contributed by atoms with Crippen LogP contribution in [0.4, 0.5) is 5.69 Å². The third-order valence-corrected chi connectivity index (χ3v) is 3.43. The fraction of sp³-hybridized carbons (Fsp3) is 0.647. The number of pyridine rings is 1. The van der Waals surface area contributed by atoms with Gasteiger partial charge in [-0.1, -0.05) is 33.6 Å². The Labute approximate surface area is 128 Å². The van der Waals surface area contributed by atoms with Crippen LogP contribution in [-0.4, -0.2) is 23.5 Å². The van der Waals surface area contributed by atoms with Crippen molar-refractivity contribution in [3.63, 3.8) is 0 Å². The fourth-order valence-electron chi connectivity index (χ4n) is 2.20. The number of anilines is 1. The van der Waals surface area contributed by atoms with Crippen molar-refractivity contribution in [3.8, 4) is 0 Å². The third kappa shape index (κ3) is 6.61. The first kappa shape index (κ1) is 17.5. The summed E-state index contributed by atoms with van der Waals surface area (Å²) in [6, 6.07) is 1.97. The molecular formula is C17H29N3O. The highest BCUT2D eigenvalue weighted by Crippen LogP contribution is 2.14. The Balaban J connectivity index is 2.54. The molecule has 0 spiro atoms. The maximum absolute atomic E-state index is 12.4. The Bertz CT molecular complexity index is 432. The lowest BCUT2D eigenvalue weighted by Gasteiger charge is -2.16. The lowest BCUT2D eigenvalue weighted by atomic mass is 10.0. The average Bonchev–Trinajstić information content (AvgIpc) is 2.44. The molecule has 0 saturated heterocycles. The number of carbonyl (C=O) groups is 1. The summed E-state index contributed by atoms with van der Waals surface area (Å²) in [4.78, 5) is 16.4. The van der Waals surface area contributed by atoms with Crippen LogP contribution >= 0.6 is 0 Å². The van der Waals surface area contributed by atoms with Gasteiger partial charge in [-0.25, -0.2) is 0 Å². The second kappa shape index (κ2) is 9.37. The van der Waals surface area contributed by atoms with Gasteiger partial charge in [-0.15, -0.1) is 0 Å². The van der Waals surface area contributed by atoms with Crippen LogP contribution in [0.5, 0.6) is 0 Å². The van der Waals surface area contributed by atoms with Crippen molar-refractivity contribution in [2.75, 3.05) is 11.9 Å². The molecule has 0 aliphatic rings. The molecule has 4 heteroatoms. The van der Waals surface area contributed by atoms with Gasteiger partial charge in [0.2, 0.25) is 0 Å². The van der Waals surface area contributed by atoms with Gasteiger partial charge in [0.15, 0.2) is 0 Å². The van der Waals surface area contributed by atoms with E-state index < -0.39 is 0 Å². The largest absolute Gasteiger partial charge is 0.383 e. The Morgan fingerprint density at radius 3 is 2.71 bits per heavy atom. The molecule has 1 atom stereocenters. The van der Waals surface area contributed by atoms with Crippen molar-refractivity contribution in [1.29, 1.82) is 0 Å². The van der Waals surface area contributed by atoms with Crippen LogP contribution < -0.4 is 10.6 Å². The molecule has 1 amide bonds. The molecule has 0 aliphatic heterocycles. The van der Waals surface area contributed by atoms with Crippen molar-refractivity contribution in [2.24, 2.45) is 5.92 Å². The van der Waals surface area contributed by atoms with Gasteiger partial charge in [-0.2, -0.15) is 0 Å². The summed E-state index contributed by atoms with van der Waals surface area (Å²) < 4.78 is 0. The molecule has 4 nitrogen and oxygen atoms in total. The molecule has 0 aliphatic carbocycles. The van der Waals surface area contributed by atoms with Crippen LogP contribution in [-0.2, 0) is 0 Å². The first-order chi connectivity index (χ1) is 10.0. The number of amides is 1. The predicted molar refractivity (Wildman–Crippen MR) is 88.6 cm³/mol. The van der Waals surface area contributed by atoms with E-state index in [-0.39, 0.29) is 11.9 Å². The third-order valence-electron chi connectivity index (χ3n) is 3.43. The van der Waals surface area contributed by atoms with Crippen molar-refractivity contribution in [1.82, 2.24) is 10.3 Å². The van der Waals surface area contributed by atoms with Crippen LogP contribution in [0.3, 0.4) is 0 Å². The zero-order valence-corrected chi connectivity index (χ0v) is 13.8. The second-order valence-electron chi connectivity index (χ2n) is 6.05. The molecule has 1 heterocycles. The molecule has 1 aromatic heterocycles. The number of carbonyl (C=O) groups excluding carboxylic acids is 1. The molecule has 0 aromatic carbocycles. The van der Waals surface area contributed by atoms with Crippen LogP contribution in [0.15, 0.2) is 18.5 Å². The first-order valence-corrected chi connectivity index (χ1v) is 8.03. The normalized spacial score (nSPS) is 12.2. The summed E-state index contributed by atoms with van der Waals surface area (Å²) in [7, 11) is 0.